The third-order valence-electron chi connectivity index (χ3n) is 4.80. The van der Waals surface area contributed by atoms with Crippen molar-refractivity contribution in [2.24, 2.45) is 0 Å². The lowest BCUT2D eigenvalue weighted by atomic mass is 10.1. The van der Waals surface area contributed by atoms with Gasteiger partial charge >= 0.3 is 0 Å². The van der Waals surface area contributed by atoms with Gasteiger partial charge in [0.2, 0.25) is 0 Å². The maximum absolute atomic E-state index is 12.6. The fourth-order valence-electron chi connectivity index (χ4n) is 3.11. The summed E-state index contributed by atoms with van der Waals surface area (Å²) in [5.41, 5.74) is 6.30. The number of benzene rings is 2. The van der Waals surface area contributed by atoms with Gasteiger partial charge in [-0.25, -0.2) is 4.98 Å². The van der Waals surface area contributed by atoms with E-state index in [4.69, 9.17) is 0 Å². The maximum atomic E-state index is 12.6. The van der Waals surface area contributed by atoms with E-state index in [-0.39, 0.29) is 5.91 Å². The summed E-state index contributed by atoms with van der Waals surface area (Å²) in [6, 6.07) is 17.3. The first-order valence-electron chi connectivity index (χ1n) is 9.91. The van der Waals surface area contributed by atoms with E-state index in [1.54, 1.807) is 12.4 Å². The van der Waals surface area contributed by atoms with E-state index in [2.05, 4.69) is 25.9 Å². The van der Waals surface area contributed by atoms with Gasteiger partial charge in [-0.05, 0) is 61.5 Å². The van der Waals surface area contributed by atoms with Crippen molar-refractivity contribution < 1.29 is 4.79 Å². The van der Waals surface area contributed by atoms with E-state index < -0.39 is 0 Å². The van der Waals surface area contributed by atoms with Gasteiger partial charge in [-0.1, -0.05) is 18.2 Å². The van der Waals surface area contributed by atoms with Crippen LogP contribution in [0.4, 0.5) is 16.5 Å². The predicted molar refractivity (Wildman–Crippen MR) is 127 cm³/mol. The number of hydrogen-bond acceptors (Lipinski definition) is 6. The summed E-state index contributed by atoms with van der Waals surface area (Å²) in [6.07, 6.45) is 3.54. The molecule has 2 heterocycles. The molecule has 1 amide bonds. The van der Waals surface area contributed by atoms with Crippen LogP contribution in [0.3, 0.4) is 0 Å². The minimum absolute atomic E-state index is 0.140. The fraction of sp³-hybridized carbons (Fsp3) is 0.125. The topological polar surface area (TPSA) is 78.9 Å². The Bertz CT molecular complexity index is 1170. The van der Waals surface area contributed by atoms with Crippen molar-refractivity contribution in [3.8, 4) is 11.3 Å². The monoisotopic (exact) mass is 429 g/mol. The van der Waals surface area contributed by atoms with Gasteiger partial charge in [0, 0.05) is 46.8 Å². The maximum Gasteiger partial charge on any atom is 0.255 e. The van der Waals surface area contributed by atoms with Crippen LogP contribution in [0, 0.1) is 6.92 Å². The smallest absolute Gasteiger partial charge is 0.255 e. The number of carbonyl (C=O) groups excluding carboxylic acids is 1. The Morgan fingerprint density at radius 2 is 1.94 bits per heavy atom. The van der Waals surface area contributed by atoms with E-state index in [0.29, 0.717) is 5.56 Å². The second-order valence-electron chi connectivity index (χ2n) is 7.12. The average Bonchev–Trinajstić information content (AvgIpc) is 3.26. The lowest BCUT2D eigenvalue weighted by Crippen LogP contribution is -2.12. The van der Waals surface area contributed by atoms with Crippen LogP contribution < -0.4 is 16.0 Å². The van der Waals surface area contributed by atoms with Crippen molar-refractivity contribution in [1.82, 2.24) is 15.3 Å². The van der Waals surface area contributed by atoms with E-state index in [1.807, 2.05) is 73.9 Å². The number of rotatable bonds is 7. The van der Waals surface area contributed by atoms with Crippen molar-refractivity contribution in [2.45, 2.75) is 13.5 Å². The van der Waals surface area contributed by atoms with Crippen molar-refractivity contribution >= 4 is 33.8 Å². The van der Waals surface area contributed by atoms with Crippen LogP contribution in [-0.4, -0.2) is 22.9 Å². The number of hydrogen-bond donors (Lipinski definition) is 3. The molecule has 0 unspecified atom stereocenters. The first kappa shape index (κ1) is 20.7. The molecular formula is C24H23N5OS. The molecule has 0 aliphatic rings. The first-order chi connectivity index (χ1) is 15.1. The lowest BCUT2D eigenvalue weighted by Gasteiger charge is -2.11. The molecule has 3 N–H and O–H groups in total. The van der Waals surface area contributed by atoms with Gasteiger partial charge in [-0.15, -0.1) is 11.3 Å². The summed E-state index contributed by atoms with van der Waals surface area (Å²) in [7, 11) is 1.90. The van der Waals surface area contributed by atoms with Crippen molar-refractivity contribution in [3.05, 3.63) is 89.1 Å². The molecule has 7 heteroatoms. The highest BCUT2D eigenvalue weighted by atomic mass is 32.1. The number of aryl methyl sites for hydroxylation is 1. The zero-order chi connectivity index (χ0) is 21.6. The summed E-state index contributed by atoms with van der Waals surface area (Å²) in [4.78, 5) is 21.4. The van der Waals surface area contributed by atoms with E-state index in [1.165, 1.54) is 11.3 Å². The molecule has 0 fully saturated rings. The normalized spacial score (nSPS) is 10.6. The molecule has 0 aliphatic heterocycles. The first-order valence-corrected chi connectivity index (χ1v) is 10.8. The third-order valence-corrected chi connectivity index (χ3v) is 5.55. The zero-order valence-electron chi connectivity index (χ0n) is 17.3. The largest absolute Gasteiger partial charge is 0.331 e. The molecule has 4 aromatic rings. The van der Waals surface area contributed by atoms with Crippen molar-refractivity contribution in [2.75, 3.05) is 17.7 Å². The molecule has 0 atom stereocenters. The molecule has 0 saturated heterocycles. The lowest BCUT2D eigenvalue weighted by molar-refractivity contribution is 0.102. The number of carbonyl (C=O) groups is 1. The quantitative estimate of drug-likeness (QED) is 0.375. The molecule has 6 nitrogen and oxygen atoms in total. The summed E-state index contributed by atoms with van der Waals surface area (Å²) in [6.45, 7) is 2.79. The highest BCUT2D eigenvalue weighted by Gasteiger charge is 2.10. The van der Waals surface area contributed by atoms with Crippen LogP contribution >= 0.6 is 11.3 Å². The third kappa shape index (κ3) is 5.14. The van der Waals surface area contributed by atoms with E-state index in [0.717, 1.165) is 45.4 Å². The molecule has 4 rings (SSSR count). The Kier molecular flexibility index (Phi) is 6.35. The minimum Gasteiger partial charge on any atom is -0.331 e. The van der Waals surface area contributed by atoms with Gasteiger partial charge in [-0.3, -0.25) is 9.78 Å². The number of amides is 1. The zero-order valence-corrected chi connectivity index (χ0v) is 18.2. The molecule has 0 radical (unpaired) electrons. The van der Waals surface area contributed by atoms with Gasteiger partial charge in [0.25, 0.3) is 5.91 Å². The Labute approximate surface area is 185 Å². The van der Waals surface area contributed by atoms with E-state index in [9.17, 15) is 4.79 Å². The molecule has 31 heavy (non-hydrogen) atoms. The molecule has 0 aliphatic carbocycles. The number of nitrogens with one attached hydrogen (secondary N) is 3. The summed E-state index contributed by atoms with van der Waals surface area (Å²) < 4.78 is 0. The van der Waals surface area contributed by atoms with Gasteiger partial charge in [-0.2, -0.15) is 0 Å². The summed E-state index contributed by atoms with van der Waals surface area (Å²) in [5, 5.41) is 12.2. The molecule has 0 bridgehead atoms. The van der Waals surface area contributed by atoms with Gasteiger partial charge < -0.3 is 16.0 Å². The molecule has 0 saturated carbocycles. The Hall–Kier alpha value is -3.55. The Morgan fingerprint density at radius 1 is 1.10 bits per heavy atom. The highest BCUT2D eigenvalue weighted by Crippen LogP contribution is 2.29. The van der Waals surface area contributed by atoms with Gasteiger partial charge in [0.15, 0.2) is 5.13 Å². The fourth-order valence-corrected chi connectivity index (χ4v) is 3.84. The number of aromatic nitrogens is 2. The van der Waals surface area contributed by atoms with E-state index >= 15 is 0 Å². The number of nitrogens with zero attached hydrogens (tertiary/aromatic N) is 2. The molecule has 2 aromatic heterocycles. The van der Waals surface area contributed by atoms with Crippen LogP contribution in [-0.2, 0) is 6.54 Å². The Morgan fingerprint density at radius 3 is 2.68 bits per heavy atom. The average molecular weight is 430 g/mol. The number of anilines is 3. The highest BCUT2D eigenvalue weighted by molar-refractivity contribution is 7.14. The van der Waals surface area contributed by atoms with Gasteiger partial charge in [0.1, 0.15) is 0 Å². The van der Waals surface area contributed by atoms with Crippen LogP contribution in [0.5, 0.6) is 0 Å². The second-order valence-corrected chi connectivity index (χ2v) is 7.97. The molecule has 156 valence electrons. The van der Waals surface area contributed by atoms with Crippen molar-refractivity contribution in [1.29, 1.82) is 0 Å². The summed E-state index contributed by atoms with van der Waals surface area (Å²) in [5.74, 6) is -0.140. The van der Waals surface area contributed by atoms with Crippen LogP contribution in [0.1, 0.15) is 21.5 Å². The van der Waals surface area contributed by atoms with Gasteiger partial charge in [0.05, 0.1) is 5.69 Å². The van der Waals surface area contributed by atoms with Crippen molar-refractivity contribution in [3.63, 3.8) is 0 Å². The standard InChI is InChI=1S/C24H23N5OS/c1-16-5-10-20(27-23(30)18-8-6-17(7-9-18)13-25-2)12-21(16)28-24-29-22(15-31-24)19-4-3-11-26-14-19/h3-12,14-15,25H,13H2,1-2H3,(H,27,30)(H,28,29). The summed E-state index contributed by atoms with van der Waals surface area (Å²) >= 11 is 1.53. The SMILES string of the molecule is CNCc1ccc(C(=O)Nc2ccc(C)c(Nc3nc(-c4cccnc4)cs3)c2)cc1. The van der Waals surface area contributed by atoms with Crippen LogP contribution in [0.2, 0.25) is 0 Å². The van der Waals surface area contributed by atoms with Crippen LogP contribution in [0.25, 0.3) is 11.3 Å². The Balaban J connectivity index is 1.47. The molecule has 2 aromatic carbocycles. The second kappa shape index (κ2) is 9.51. The predicted octanol–water partition coefficient (Wildman–Crippen LogP) is 5.23. The molecular weight excluding hydrogens is 406 g/mol. The molecule has 0 spiro atoms. The van der Waals surface area contributed by atoms with Crippen LogP contribution in [0.15, 0.2) is 72.4 Å². The number of pyridine rings is 1. The number of thiazole rings is 1. The minimum atomic E-state index is -0.140.